The van der Waals surface area contributed by atoms with Gasteiger partial charge in [0.25, 0.3) is 5.56 Å². The molecular weight excluding hydrogens is 467 g/mol. The van der Waals surface area contributed by atoms with Gasteiger partial charge >= 0.3 is 0 Å². The largest absolute Gasteiger partial charge is 0.342 e. The summed E-state index contributed by atoms with van der Waals surface area (Å²) in [5.74, 6) is 0.641. The van der Waals surface area contributed by atoms with Crippen LogP contribution in [-0.2, 0) is 7.05 Å². The number of halogens is 3. The SMILES string of the molecule is Cl.Cn1c(N2CCC(C)(CN)CC2)nc2[nH]nc(Sc3cccc(Cl)c3Cl)c2c1=O. The third kappa shape index (κ3) is 4.16. The lowest BCUT2D eigenvalue weighted by molar-refractivity contribution is 0.256. The van der Waals surface area contributed by atoms with Crippen molar-refractivity contribution in [3.8, 4) is 0 Å². The third-order valence-electron chi connectivity index (χ3n) is 5.61. The van der Waals surface area contributed by atoms with Crippen molar-refractivity contribution in [2.75, 3.05) is 24.5 Å². The molecule has 1 fully saturated rings. The minimum atomic E-state index is -0.147. The molecule has 2 aromatic heterocycles. The summed E-state index contributed by atoms with van der Waals surface area (Å²) in [5.41, 5.74) is 6.38. The Balaban J connectivity index is 0.00000256. The minimum Gasteiger partial charge on any atom is -0.342 e. The highest BCUT2D eigenvalue weighted by molar-refractivity contribution is 7.99. The number of piperidine rings is 1. The normalized spacial score (nSPS) is 16.0. The van der Waals surface area contributed by atoms with Gasteiger partial charge in [-0.25, -0.2) is 0 Å². The molecule has 1 aliphatic rings. The lowest BCUT2D eigenvalue weighted by atomic mass is 9.81. The molecule has 1 aromatic carbocycles. The third-order valence-corrected chi connectivity index (χ3v) is 7.59. The van der Waals surface area contributed by atoms with Crippen molar-refractivity contribution in [3.05, 3.63) is 38.6 Å². The van der Waals surface area contributed by atoms with Crippen molar-refractivity contribution < 1.29 is 0 Å². The maximum absolute atomic E-state index is 13.1. The number of aromatic amines is 1. The number of aromatic nitrogens is 4. The van der Waals surface area contributed by atoms with E-state index in [2.05, 4.69) is 22.0 Å². The zero-order valence-electron chi connectivity index (χ0n) is 16.6. The Morgan fingerprint density at radius 1 is 1.30 bits per heavy atom. The second-order valence-corrected chi connectivity index (χ2v) is 9.50. The van der Waals surface area contributed by atoms with Crippen LogP contribution >= 0.6 is 47.4 Å². The molecule has 3 N–H and O–H groups in total. The molecule has 1 aliphatic heterocycles. The molecule has 0 aliphatic carbocycles. The van der Waals surface area contributed by atoms with Crippen molar-refractivity contribution in [1.29, 1.82) is 0 Å². The summed E-state index contributed by atoms with van der Waals surface area (Å²) in [6, 6.07) is 5.37. The van der Waals surface area contributed by atoms with Gasteiger partial charge < -0.3 is 10.6 Å². The van der Waals surface area contributed by atoms with E-state index in [1.165, 1.54) is 11.8 Å². The minimum absolute atomic E-state index is 0. The first kappa shape index (κ1) is 23.2. The summed E-state index contributed by atoms with van der Waals surface area (Å²) in [6.07, 6.45) is 1.93. The average Bonchev–Trinajstić information content (AvgIpc) is 3.12. The molecule has 4 rings (SSSR count). The monoisotopic (exact) mass is 488 g/mol. The van der Waals surface area contributed by atoms with Gasteiger partial charge in [0, 0.05) is 25.0 Å². The molecule has 0 spiro atoms. The number of hydrogen-bond acceptors (Lipinski definition) is 6. The van der Waals surface area contributed by atoms with Crippen molar-refractivity contribution in [2.45, 2.75) is 29.7 Å². The van der Waals surface area contributed by atoms with E-state index in [1.54, 1.807) is 17.7 Å². The zero-order valence-corrected chi connectivity index (χ0v) is 19.8. The molecule has 3 heterocycles. The molecule has 0 amide bonds. The topological polar surface area (TPSA) is 92.8 Å². The lowest BCUT2D eigenvalue weighted by Crippen LogP contribution is -2.44. The second kappa shape index (κ2) is 8.96. The number of nitrogens with zero attached hydrogens (tertiary/aromatic N) is 4. The summed E-state index contributed by atoms with van der Waals surface area (Å²) >= 11 is 13.7. The average molecular weight is 490 g/mol. The first-order valence-electron chi connectivity index (χ1n) is 9.35. The molecule has 0 unspecified atom stereocenters. The van der Waals surface area contributed by atoms with Crippen LogP contribution in [0.5, 0.6) is 0 Å². The fraction of sp³-hybridized carbons (Fsp3) is 0.421. The quantitative estimate of drug-likeness (QED) is 0.573. The first-order chi connectivity index (χ1) is 13.8. The fourth-order valence-corrected chi connectivity index (χ4v) is 4.90. The molecular formula is C19H23Cl3N6OS. The van der Waals surface area contributed by atoms with Gasteiger partial charge in [-0.3, -0.25) is 14.5 Å². The van der Waals surface area contributed by atoms with Gasteiger partial charge in [-0.05, 0) is 36.9 Å². The number of anilines is 1. The number of nitrogens with one attached hydrogen (secondary N) is 1. The van der Waals surface area contributed by atoms with E-state index < -0.39 is 0 Å². The Bertz CT molecular complexity index is 1120. The van der Waals surface area contributed by atoms with E-state index in [-0.39, 0.29) is 23.4 Å². The predicted molar refractivity (Wildman–Crippen MR) is 126 cm³/mol. The summed E-state index contributed by atoms with van der Waals surface area (Å²) in [5, 5.41) is 9.08. The van der Waals surface area contributed by atoms with Crippen LogP contribution in [0.1, 0.15) is 19.8 Å². The number of fused-ring (bicyclic) bond motifs is 1. The van der Waals surface area contributed by atoms with Gasteiger partial charge in [-0.15, -0.1) is 12.4 Å². The number of hydrogen-bond donors (Lipinski definition) is 2. The predicted octanol–water partition coefficient (Wildman–Crippen LogP) is 4.10. The van der Waals surface area contributed by atoms with Crippen molar-refractivity contribution in [2.24, 2.45) is 18.2 Å². The van der Waals surface area contributed by atoms with Crippen molar-refractivity contribution in [1.82, 2.24) is 19.7 Å². The van der Waals surface area contributed by atoms with Gasteiger partial charge in [-0.2, -0.15) is 10.1 Å². The van der Waals surface area contributed by atoms with Crippen LogP contribution in [0.15, 0.2) is 32.9 Å². The first-order valence-corrected chi connectivity index (χ1v) is 10.9. The van der Waals surface area contributed by atoms with Crippen LogP contribution in [-0.4, -0.2) is 39.4 Å². The van der Waals surface area contributed by atoms with Gasteiger partial charge in [0.05, 0.1) is 10.0 Å². The molecule has 1 saturated heterocycles. The summed E-state index contributed by atoms with van der Waals surface area (Å²) in [7, 11) is 1.74. The molecule has 7 nitrogen and oxygen atoms in total. The van der Waals surface area contributed by atoms with Crippen LogP contribution in [0.3, 0.4) is 0 Å². The van der Waals surface area contributed by atoms with Crippen LogP contribution < -0.4 is 16.2 Å². The molecule has 0 bridgehead atoms. The highest BCUT2D eigenvalue weighted by Gasteiger charge is 2.30. The highest BCUT2D eigenvalue weighted by atomic mass is 35.5. The van der Waals surface area contributed by atoms with Gasteiger partial charge in [0.2, 0.25) is 5.95 Å². The summed E-state index contributed by atoms with van der Waals surface area (Å²) in [4.78, 5) is 20.7. The van der Waals surface area contributed by atoms with E-state index in [0.717, 1.165) is 30.8 Å². The van der Waals surface area contributed by atoms with E-state index in [9.17, 15) is 4.79 Å². The van der Waals surface area contributed by atoms with Crippen LogP contribution in [0.25, 0.3) is 11.0 Å². The van der Waals surface area contributed by atoms with Crippen molar-refractivity contribution in [3.63, 3.8) is 0 Å². The van der Waals surface area contributed by atoms with Gasteiger partial charge in [-0.1, -0.05) is 48.0 Å². The number of benzene rings is 1. The Morgan fingerprint density at radius 2 is 2.00 bits per heavy atom. The second-order valence-electron chi connectivity index (χ2n) is 7.68. The van der Waals surface area contributed by atoms with Crippen LogP contribution in [0, 0.1) is 5.41 Å². The number of rotatable bonds is 4. The van der Waals surface area contributed by atoms with Crippen molar-refractivity contribution >= 4 is 64.4 Å². The lowest BCUT2D eigenvalue weighted by Gasteiger charge is -2.39. The molecule has 0 radical (unpaired) electrons. The van der Waals surface area contributed by atoms with E-state index in [4.69, 9.17) is 33.9 Å². The van der Waals surface area contributed by atoms with E-state index in [1.807, 2.05) is 12.1 Å². The molecule has 3 aromatic rings. The molecule has 162 valence electrons. The Labute approximate surface area is 194 Å². The Kier molecular flexibility index (Phi) is 6.94. The molecule has 0 saturated carbocycles. The Hall–Kier alpha value is -1.45. The number of nitrogens with two attached hydrogens (primary N) is 1. The maximum atomic E-state index is 13.1. The molecule has 0 atom stereocenters. The summed E-state index contributed by atoms with van der Waals surface area (Å²) < 4.78 is 1.59. The molecule has 30 heavy (non-hydrogen) atoms. The Morgan fingerprint density at radius 3 is 2.67 bits per heavy atom. The number of H-pyrrole nitrogens is 1. The summed E-state index contributed by atoms with van der Waals surface area (Å²) in [6.45, 7) is 4.50. The smallest absolute Gasteiger partial charge is 0.266 e. The fourth-order valence-electron chi connectivity index (χ4n) is 3.50. The zero-order chi connectivity index (χ0) is 20.8. The van der Waals surface area contributed by atoms with Crippen LogP contribution in [0.4, 0.5) is 5.95 Å². The van der Waals surface area contributed by atoms with Gasteiger partial charge in [0.1, 0.15) is 10.4 Å². The standard InChI is InChI=1S/C19H22Cl2N6OS.ClH/c1-19(10-22)6-8-27(9-7-19)18-23-15-13(17(28)26(18)2)16(25-24-15)29-12-5-3-4-11(20)14(12)21;/h3-5H,6-10,22H2,1-2H3,(H,24,25);1H. The van der Waals surface area contributed by atoms with E-state index >= 15 is 0 Å². The van der Waals surface area contributed by atoms with Crippen LogP contribution in [0.2, 0.25) is 10.0 Å². The molecule has 11 heteroatoms. The van der Waals surface area contributed by atoms with Gasteiger partial charge in [0.15, 0.2) is 5.65 Å². The van der Waals surface area contributed by atoms with E-state index in [0.29, 0.717) is 38.6 Å². The highest BCUT2D eigenvalue weighted by Crippen LogP contribution is 2.38. The maximum Gasteiger partial charge on any atom is 0.266 e.